The summed E-state index contributed by atoms with van der Waals surface area (Å²) in [6.07, 6.45) is 0. The number of nitrogens with zero attached hydrogens (tertiary/aromatic N) is 2. The van der Waals surface area contributed by atoms with E-state index >= 15 is 0 Å². The summed E-state index contributed by atoms with van der Waals surface area (Å²) in [5, 5.41) is 18.2. The largest absolute Gasteiger partial charge is 0.386 e. The SMILES string of the molecule is CC(C)C1(O)CN(C(=O)CSCC#N)C1. The van der Waals surface area contributed by atoms with Gasteiger partial charge in [0.1, 0.15) is 5.60 Å². The summed E-state index contributed by atoms with van der Waals surface area (Å²) in [5.41, 5.74) is -0.699. The van der Waals surface area contributed by atoms with Crippen molar-refractivity contribution in [1.82, 2.24) is 4.90 Å². The molecule has 1 heterocycles. The van der Waals surface area contributed by atoms with Gasteiger partial charge in [-0.25, -0.2) is 0 Å². The third kappa shape index (κ3) is 2.86. The predicted molar refractivity (Wildman–Crippen MR) is 59.3 cm³/mol. The quantitative estimate of drug-likeness (QED) is 0.711. The van der Waals surface area contributed by atoms with Crippen LogP contribution in [0.1, 0.15) is 13.8 Å². The fraction of sp³-hybridized carbons (Fsp3) is 0.800. The highest BCUT2D eigenvalue weighted by Crippen LogP contribution is 2.28. The molecule has 1 saturated heterocycles. The number of hydrogen-bond acceptors (Lipinski definition) is 4. The first kappa shape index (κ1) is 12.3. The van der Waals surface area contributed by atoms with Crippen LogP contribution in [0.4, 0.5) is 0 Å². The smallest absolute Gasteiger partial charge is 0.232 e. The molecular weight excluding hydrogens is 212 g/mol. The zero-order chi connectivity index (χ0) is 11.5. The van der Waals surface area contributed by atoms with Gasteiger partial charge in [0.2, 0.25) is 5.91 Å². The van der Waals surface area contributed by atoms with Crippen molar-refractivity contribution in [3.8, 4) is 6.07 Å². The summed E-state index contributed by atoms with van der Waals surface area (Å²) in [5.74, 6) is 0.865. The minimum absolute atomic E-state index is 0.0144. The van der Waals surface area contributed by atoms with Crippen molar-refractivity contribution < 1.29 is 9.90 Å². The molecule has 1 aliphatic heterocycles. The fourth-order valence-electron chi connectivity index (χ4n) is 1.43. The molecule has 0 aromatic carbocycles. The van der Waals surface area contributed by atoms with Gasteiger partial charge in [0, 0.05) is 0 Å². The van der Waals surface area contributed by atoms with E-state index in [-0.39, 0.29) is 11.8 Å². The molecular formula is C10H16N2O2S. The Balaban J connectivity index is 2.27. The zero-order valence-corrected chi connectivity index (χ0v) is 9.88. The molecule has 1 rings (SSSR count). The van der Waals surface area contributed by atoms with Gasteiger partial charge in [-0.05, 0) is 5.92 Å². The summed E-state index contributed by atoms with van der Waals surface area (Å²) < 4.78 is 0. The number of likely N-dealkylation sites (tertiary alicyclic amines) is 1. The maximum Gasteiger partial charge on any atom is 0.232 e. The number of carbonyl (C=O) groups is 1. The van der Waals surface area contributed by atoms with Crippen LogP contribution in [0.25, 0.3) is 0 Å². The minimum Gasteiger partial charge on any atom is -0.386 e. The summed E-state index contributed by atoms with van der Waals surface area (Å²) in [6.45, 7) is 4.76. The number of nitriles is 1. The van der Waals surface area contributed by atoms with Crippen LogP contribution in [0.2, 0.25) is 0 Å². The van der Waals surface area contributed by atoms with Crippen LogP contribution in [0.3, 0.4) is 0 Å². The minimum atomic E-state index is -0.699. The summed E-state index contributed by atoms with van der Waals surface area (Å²) >= 11 is 1.31. The molecule has 84 valence electrons. The summed E-state index contributed by atoms with van der Waals surface area (Å²) in [7, 11) is 0. The van der Waals surface area contributed by atoms with Gasteiger partial charge in [-0.3, -0.25) is 4.79 Å². The Morgan fingerprint density at radius 3 is 2.73 bits per heavy atom. The highest BCUT2D eigenvalue weighted by Gasteiger charge is 2.45. The average Bonchev–Trinajstić information content (AvgIpc) is 2.12. The Morgan fingerprint density at radius 2 is 2.27 bits per heavy atom. The molecule has 0 saturated carbocycles. The number of thioether (sulfide) groups is 1. The molecule has 0 unspecified atom stereocenters. The molecule has 0 aliphatic carbocycles. The van der Waals surface area contributed by atoms with E-state index in [9.17, 15) is 9.90 Å². The van der Waals surface area contributed by atoms with E-state index in [1.54, 1.807) is 4.90 Å². The maximum atomic E-state index is 11.5. The van der Waals surface area contributed by atoms with Gasteiger partial charge in [-0.1, -0.05) is 13.8 Å². The Hall–Kier alpha value is -0.730. The molecule has 15 heavy (non-hydrogen) atoms. The Kier molecular flexibility index (Phi) is 4.00. The van der Waals surface area contributed by atoms with Crippen molar-refractivity contribution in [2.45, 2.75) is 19.4 Å². The monoisotopic (exact) mass is 228 g/mol. The Labute approximate surface area is 94.2 Å². The van der Waals surface area contributed by atoms with Crippen LogP contribution in [0.5, 0.6) is 0 Å². The molecule has 0 aromatic heterocycles. The van der Waals surface area contributed by atoms with E-state index < -0.39 is 5.60 Å². The molecule has 0 atom stereocenters. The number of hydrogen-bond donors (Lipinski definition) is 1. The van der Waals surface area contributed by atoms with E-state index in [1.165, 1.54) is 11.8 Å². The topological polar surface area (TPSA) is 64.3 Å². The van der Waals surface area contributed by atoms with E-state index in [1.807, 2.05) is 19.9 Å². The van der Waals surface area contributed by atoms with Crippen LogP contribution >= 0.6 is 11.8 Å². The molecule has 1 N–H and O–H groups in total. The highest BCUT2D eigenvalue weighted by atomic mass is 32.2. The lowest BCUT2D eigenvalue weighted by Crippen LogP contribution is -2.66. The normalized spacial score (nSPS) is 18.5. The van der Waals surface area contributed by atoms with Gasteiger partial charge in [0.15, 0.2) is 0 Å². The molecule has 5 heteroatoms. The number of aliphatic hydroxyl groups is 1. The van der Waals surface area contributed by atoms with Gasteiger partial charge in [0.25, 0.3) is 0 Å². The first-order valence-electron chi connectivity index (χ1n) is 4.94. The first-order valence-corrected chi connectivity index (χ1v) is 6.10. The molecule has 4 nitrogen and oxygen atoms in total. The lowest BCUT2D eigenvalue weighted by atomic mass is 9.83. The molecule has 0 spiro atoms. The number of carbonyl (C=O) groups excluding carboxylic acids is 1. The maximum absolute atomic E-state index is 11.5. The molecule has 1 aliphatic rings. The van der Waals surface area contributed by atoms with Crippen molar-refractivity contribution in [2.24, 2.45) is 5.92 Å². The van der Waals surface area contributed by atoms with Gasteiger partial charge in [0.05, 0.1) is 30.7 Å². The molecule has 0 aromatic rings. The van der Waals surface area contributed by atoms with Crippen LogP contribution in [-0.2, 0) is 4.79 Å². The first-order chi connectivity index (χ1) is 6.99. The van der Waals surface area contributed by atoms with Crippen LogP contribution in [-0.4, -0.2) is 46.1 Å². The number of rotatable bonds is 4. The van der Waals surface area contributed by atoms with Crippen LogP contribution < -0.4 is 0 Å². The third-order valence-electron chi connectivity index (χ3n) is 2.75. The van der Waals surface area contributed by atoms with Crippen molar-refractivity contribution >= 4 is 17.7 Å². The zero-order valence-electron chi connectivity index (χ0n) is 9.06. The lowest BCUT2D eigenvalue weighted by molar-refractivity contribution is -0.161. The van der Waals surface area contributed by atoms with Gasteiger partial charge >= 0.3 is 0 Å². The number of amides is 1. The van der Waals surface area contributed by atoms with E-state index in [4.69, 9.17) is 5.26 Å². The van der Waals surface area contributed by atoms with Gasteiger partial charge < -0.3 is 10.0 Å². The van der Waals surface area contributed by atoms with E-state index in [0.29, 0.717) is 24.6 Å². The average molecular weight is 228 g/mol. The third-order valence-corrected chi connectivity index (χ3v) is 3.53. The van der Waals surface area contributed by atoms with E-state index in [2.05, 4.69) is 0 Å². The molecule has 1 amide bonds. The van der Waals surface area contributed by atoms with Crippen LogP contribution in [0.15, 0.2) is 0 Å². The lowest BCUT2D eigenvalue weighted by Gasteiger charge is -2.49. The second-order valence-corrected chi connectivity index (χ2v) is 5.14. The molecule has 0 radical (unpaired) electrons. The Morgan fingerprint density at radius 1 is 1.67 bits per heavy atom. The summed E-state index contributed by atoms with van der Waals surface area (Å²) in [4.78, 5) is 13.1. The van der Waals surface area contributed by atoms with Crippen molar-refractivity contribution in [3.63, 3.8) is 0 Å². The summed E-state index contributed by atoms with van der Waals surface area (Å²) in [6, 6.07) is 1.98. The Bertz CT molecular complexity index is 280. The molecule has 1 fully saturated rings. The fourth-order valence-corrected chi connectivity index (χ4v) is 1.98. The van der Waals surface area contributed by atoms with Crippen LogP contribution in [0, 0.1) is 17.2 Å². The van der Waals surface area contributed by atoms with E-state index in [0.717, 1.165) is 0 Å². The second kappa shape index (κ2) is 4.86. The molecule has 0 bridgehead atoms. The highest BCUT2D eigenvalue weighted by molar-refractivity contribution is 8.00. The van der Waals surface area contributed by atoms with Gasteiger partial charge in [-0.2, -0.15) is 5.26 Å². The van der Waals surface area contributed by atoms with Crippen molar-refractivity contribution in [1.29, 1.82) is 5.26 Å². The van der Waals surface area contributed by atoms with Crippen molar-refractivity contribution in [3.05, 3.63) is 0 Å². The predicted octanol–water partition coefficient (Wildman–Crippen LogP) is 0.472. The van der Waals surface area contributed by atoms with Gasteiger partial charge in [-0.15, -0.1) is 11.8 Å². The number of β-amino-alcohol motifs (C(OH)–C–C–N with tert-alkyl or cyclic N) is 1. The second-order valence-electron chi connectivity index (χ2n) is 4.16. The van der Waals surface area contributed by atoms with Crippen molar-refractivity contribution in [2.75, 3.05) is 24.6 Å². The standard InChI is InChI=1S/C10H16N2O2S/c1-8(2)10(14)6-12(7-10)9(13)5-15-4-3-11/h8,14H,4-7H2,1-2H3.